The smallest absolute Gasteiger partial charge is 0.329 e. The molecule has 2 fully saturated rings. The molecule has 1 saturated carbocycles. The van der Waals surface area contributed by atoms with Gasteiger partial charge >= 0.3 is 5.97 Å². The quantitative estimate of drug-likeness (QED) is 0.682. The largest absolute Gasteiger partial charge is 0.480 e. The summed E-state index contributed by atoms with van der Waals surface area (Å²) in [5, 5.41) is 12.1. The van der Waals surface area contributed by atoms with Crippen LogP contribution in [0.1, 0.15) is 38.5 Å². The van der Waals surface area contributed by atoms with E-state index in [-0.39, 0.29) is 17.9 Å². The normalized spacial score (nSPS) is 30.6. The van der Waals surface area contributed by atoms with Crippen LogP contribution >= 0.6 is 0 Å². The number of rotatable bonds is 3. The average Bonchev–Trinajstić information content (AvgIpc) is 2.39. The summed E-state index contributed by atoms with van der Waals surface area (Å²) in [5.74, 6) is -1.29. The Morgan fingerprint density at radius 1 is 1.26 bits per heavy atom. The van der Waals surface area contributed by atoms with E-state index in [2.05, 4.69) is 5.32 Å². The second-order valence-electron chi connectivity index (χ2n) is 5.61. The fourth-order valence-corrected chi connectivity index (χ4v) is 2.92. The number of hydrogen-bond donors (Lipinski definition) is 3. The molecule has 2 unspecified atom stereocenters. The highest BCUT2D eigenvalue weighted by molar-refractivity contribution is 5.88. The molecule has 108 valence electrons. The lowest BCUT2D eigenvalue weighted by atomic mass is 9.83. The van der Waals surface area contributed by atoms with E-state index in [1.807, 2.05) is 0 Å². The molecular weight excluding hydrogens is 248 g/mol. The molecule has 1 heterocycles. The second kappa shape index (κ2) is 5.88. The molecule has 0 aromatic rings. The summed E-state index contributed by atoms with van der Waals surface area (Å²) in [4.78, 5) is 23.7. The van der Waals surface area contributed by atoms with Crippen molar-refractivity contribution in [3.05, 3.63) is 0 Å². The molecule has 0 radical (unpaired) electrons. The average molecular weight is 270 g/mol. The molecule has 1 aliphatic carbocycles. The van der Waals surface area contributed by atoms with Gasteiger partial charge < -0.3 is 20.9 Å². The van der Waals surface area contributed by atoms with E-state index in [1.54, 1.807) is 0 Å². The number of carbonyl (C=O) groups is 2. The van der Waals surface area contributed by atoms with Crippen molar-refractivity contribution in [2.45, 2.75) is 50.1 Å². The van der Waals surface area contributed by atoms with Gasteiger partial charge in [0.25, 0.3) is 0 Å². The van der Waals surface area contributed by atoms with Crippen LogP contribution in [-0.4, -0.2) is 41.8 Å². The zero-order chi connectivity index (χ0) is 13.9. The number of hydrogen-bond acceptors (Lipinski definition) is 4. The van der Waals surface area contributed by atoms with Crippen molar-refractivity contribution in [2.24, 2.45) is 11.7 Å². The van der Waals surface area contributed by atoms with Crippen molar-refractivity contribution in [3.63, 3.8) is 0 Å². The summed E-state index contributed by atoms with van der Waals surface area (Å²) in [6, 6.07) is 0.0555. The van der Waals surface area contributed by atoms with Crippen LogP contribution in [-0.2, 0) is 14.3 Å². The first-order chi connectivity index (χ1) is 9.03. The van der Waals surface area contributed by atoms with Crippen LogP contribution in [0.25, 0.3) is 0 Å². The van der Waals surface area contributed by atoms with E-state index < -0.39 is 11.5 Å². The lowest BCUT2D eigenvalue weighted by Gasteiger charge is -2.36. The van der Waals surface area contributed by atoms with Gasteiger partial charge in [-0.2, -0.15) is 0 Å². The van der Waals surface area contributed by atoms with E-state index in [4.69, 9.17) is 10.5 Å². The van der Waals surface area contributed by atoms with Gasteiger partial charge in [-0.1, -0.05) is 6.42 Å². The van der Waals surface area contributed by atoms with Crippen LogP contribution in [0.2, 0.25) is 0 Å². The first kappa shape index (κ1) is 14.3. The first-order valence-corrected chi connectivity index (χ1v) is 6.92. The summed E-state index contributed by atoms with van der Waals surface area (Å²) >= 11 is 0. The topological polar surface area (TPSA) is 102 Å². The maximum atomic E-state index is 12.3. The molecule has 1 saturated heterocycles. The summed E-state index contributed by atoms with van der Waals surface area (Å²) in [6.45, 7) is 0.744. The van der Waals surface area contributed by atoms with E-state index in [0.29, 0.717) is 32.5 Å². The Kier molecular flexibility index (Phi) is 4.42. The Balaban J connectivity index is 2.00. The Morgan fingerprint density at radius 3 is 2.53 bits per heavy atom. The zero-order valence-electron chi connectivity index (χ0n) is 11.1. The minimum Gasteiger partial charge on any atom is -0.480 e. The molecule has 19 heavy (non-hydrogen) atoms. The van der Waals surface area contributed by atoms with E-state index in [1.165, 1.54) is 0 Å². The fraction of sp³-hybridized carbons (Fsp3) is 0.846. The van der Waals surface area contributed by atoms with Crippen LogP contribution < -0.4 is 11.1 Å². The van der Waals surface area contributed by atoms with Gasteiger partial charge in [0.05, 0.1) is 0 Å². The molecule has 6 nitrogen and oxygen atoms in total. The van der Waals surface area contributed by atoms with Gasteiger partial charge in [0.1, 0.15) is 5.54 Å². The molecule has 0 spiro atoms. The van der Waals surface area contributed by atoms with Crippen molar-refractivity contribution in [1.29, 1.82) is 0 Å². The Hall–Kier alpha value is -1.14. The highest BCUT2D eigenvalue weighted by Gasteiger charge is 2.43. The van der Waals surface area contributed by atoms with Crippen molar-refractivity contribution in [1.82, 2.24) is 5.32 Å². The van der Waals surface area contributed by atoms with Crippen LogP contribution in [0.4, 0.5) is 0 Å². The lowest BCUT2D eigenvalue weighted by molar-refractivity contribution is -0.153. The third-order valence-electron chi connectivity index (χ3n) is 4.20. The molecule has 6 heteroatoms. The van der Waals surface area contributed by atoms with Gasteiger partial charge in [-0.15, -0.1) is 0 Å². The van der Waals surface area contributed by atoms with Crippen LogP contribution in [0.15, 0.2) is 0 Å². The number of amides is 1. The molecule has 0 bridgehead atoms. The highest BCUT2D eigenvalue weighted by atomic mass is 16.5. The number of ether oxygens (including phenoxy) is 1. The van der Waals surface area contributed by atoms with Crippen molar-refractivity contribution in [2.75, 3.05) is 13.2 Å². The van der Waals surface area contributed by atoms with Gasteiger partial charge in [0.2, 0.25) is 5.91 Å². The predicted octanol–water partition coefficient (Wildman–Crippen LogP) is 0.254. The molecule has 2 atom stereocenters. The van der Waals surface area contributed by atoms with Gasteiger partial charge in [0, 0.05) is 38.0 Å². The molecule has 4 N–H and O–H groups in total. The molecule has 0 aromatic carbocycles. The molecule has 2 rings (SSSR count). The minimum absolute atomic E-state index is 0.0555. The van der Waals surface area contributed by atoms with Crippen molar-refractivity contribution < 1.29 is 19.4 Å². The summed E-state index contributed by atoms with van der Waals surface area (Å²) in [6.07, 6.45) is 3.98. The summed E-state index contributed by atoms with van der Waals surface area (Å²) < 4.78 is 5.18. The van der Waals surface area contributed by atoms with Crippen molar-refractivity contribution in [3.8, 4) is 0 Å². The Bertz CT molecular complexity index is 353. The van der Waals surface area contributed by atoms with E-state index in [9.17, 15) is 14.7 Å². The maximum absolute atomic E-state index is 12.3. The summed E-state index contributed by atoms with van der Waals surface area (Å²) in [5.41, 5.74) is 4.72. The van der Waals surface area contributed by atoms with E-state index in [0.717, 1.165) is 19.3 Å². The first-order valence-electron chi connectivity index (χ1n) is 6.92. The van der Waals surface area contributed by atoms with Crippen LogP contribution in [0.5, 0.6) is 0 Å². The SMILES string of the molecule is NC1CCCC(C(=O)NC2(C(=O)O)CCOCC2)C1. The third kappa shape index (κ3) is 3.25. The molecule has 1 amide bonds. The monoisotopic (exact) mass is 270 g/mol. The van der Waals surface area contributed by atoms with Crippen LogP contribution in [0.3, 0.4) is 0 Å². The van der Waals surface area contributed by atoms with Gasteiger partial charge in [-0.3, -0.25) is 4.79 Å². The zero-order valence-corrected chi connectivity index (χ0v) is 11.1. The standard InChI is InChI=1S/C13H22N2O4/c14-10-3-1-2-9(8-10)11(16)15-13(12(17)18)4-6-19-7-5-13/h9-10H,1-8,14H2,(H,15,16)(H,17,18). The van der Waals surface area contributed by atoms with E-state index >= 15 is 0 Å². The molecule has 0 aromatic heterocycles. The maximum Gasteiger partial charge on any atom is 0.329 e. The van der Waals surface area contributed by atoms with Gasteiger partial charge in [0.15, 0.2) is 0 Å². The number of nitrogens with two attached hydrogens (primary N) is 1. The number of carboxylic acids is 1. The Morgan fingerprint density at radius 2 is 1.95 bits per heavy atom. The lowest BCUT2D eigenvalue weighted by Crippen LogP contribution is -2.59. The summed E-state index contributed by atoms with van der Waals surface area (Å²) in [7, 11) is 0. The molecular formula is C13H22N2O4. The number of carbonyl (C=O) groups excluding carboxylic acids is 1. The fourth-order valence-electron chi connectivity index (χ4n) is 2.92. The third-order valence-corrected chi connectivity index (χ3v) is 4.20. The number of aliphatic carboxylic acids is 1. The second-order valence-corrected chi connectivity index (χ2v) is 5.61. The van der Waals surface area contributed by atoms with Crippen LogP contribution in [0, 0.1) is 5.92 Å². The number of nitrogens with one attached hydrogen (secondary N) is 1. The van der Waals surface area contributed by atoms with Crippen molar-refractivity contribution >= 4 is 11.9 Å². The minimum atomic E-state index is -1.16. The molecule has 1 aliphatic heterocycles. The van der Waals surface area contributed by atoms with Gasteiger partial charge in [-0.05, 0) is 19.3 Å². The predicted molar refractivity (Wildman–Crippen MR) is 68.5 cm³/mol. The molecule has 2 aliphatic rings. The highest BCUT2D eigenvalue weighted by Crippen LogP contribution is 2.26. The van der Waals surface area contributed by atoms with Gasteiger partial charge in [-0.25, -0.2) is 4.79 Å². The number of carboxylic acid groups (broad SMARTS) is 1. The Labute approximate surface area is 112 Å².